The predicted molar refractivity (Wildman–Crippen MR) is 98.2 cm³/mol. The summed E-state index contributed by atoms with van der Waals surface area (Å²) < 4.78 is 5.24. The Kier molecular flexibility index (Phi) is 7.35. The summed E-state index contributed by atoms with van der Waals surface area (Å²) in [5.74, 6) is -0.830. The second kappa shape index (κ2) is 9.72. The summed E-state index contributed by atoms with van der Waals surface area (Å²) in [6.45, 7) is 1.40. The van der Waals surface area contributed by atoms with Gasteiger partial charge >= 0.3 is 5.97 Å². The molecule has 0 spiro atoms. The number of ether oxygens (including phenoxy) is 1. The van der Waals surface area contributed by atoms with Crippen LogP contribution in [0.25, 0.3) is 0 Å². The number of nitrogens with zero attached hydrogens (tertiary/aromatic N) is 2. The largest absolute Gasteiger partial charge is 0.463 e. The van der Waals surface area contributed by atoms with E-state index in [9.17, 15) is 14.4 Å². The van der Waals surface area contributed by atoms with E-state index in [-0.39, 0.29) is 23.9 Å². The van der Waals surface area contributed by atoms with Gasteiger partial charge in [-0.1, -0.05) is 18.2 Å². The number of benzene rings is 1. The highest BCUT2D eigenvalue weighted by Crippen LogP contribution is 2.30. The summed E-state index contributed by atoms with van der Waals surface area (Å²) in [6, 6.07) is 7.90. The molecule has 2 rings (SSSR count). The molecule has 0 unspecified atom stereocenters. The summed E-state index contributed by atoms with van der Waals surface area (Å²) in [4.78, 5) is 37.0. The Morgan fingerprint density at radius 1 is 1.22 bits per heavy atom. The standard InChI is InChI=1S/C20H25N3O4/c1-14(24)27-17-10-8-15(9-11-17)12-18(20(26)23(2)13-21)22-19(25)16-6-4-3-5-7-16/h3-7,15,17-18H,8-12H2,1-2H3,(H,22,25)/t15-,17+,18-/m0/s1. The molecule has 1 N–H and O–H groups in total. The first-order chi connectivity index (χ1) is 12.9. The Morgan fingerprint density at radius 3 is 2.41 bits per heavy atom. The molecule has 1 fully saturated rings. The van der Waals surface area contributed by atoms with Crippen LogP contribution in [0.5, 0.6) is 0 Å². The first-order valence-corrected chi connectivity index (χ1v) is 9.11. The molecule has 0 aliphatic heterocycles. The molecule has 0 aromatic heterocycles. The van der Waals surface area contributed by atoms with Gasteiger partial charge in [0.15, 0.2) is 6.19 Å². The fourth-order valence-corrected chi connectivity index (χ4v) is 3.39. The molecule has 1 aliphatic rings. The summed E-state index contributed by atoms with van der Waals surface area (Å²) in [7, 11) is 1.39. The van der Waals surface area contributed by atoms with E-state index >= 15 is 0 Å². The van der Waals surface area contributed by atoms with Gasteiger partial charge in [-0.2, -0.15) is 5.26 Å². The monoisotopic (exact) mass is 371 g/mol. The minimum Gasteiger partial charge on any atom is -0.463 e. The average molecular weight is 371 g/mol. The van der Waals surface area contributed by atoms with E-state index in [4.69, 9.17) is 10.00 Å². The molecule has 1 aliphatic carbocycles. The zero-order valence-electron chi connectivity index (χ0n) is 15.7. The quantitative estimate of drug-likeness (QED) is 0.470. The number of nitriles is 1. The highest BCUT2D eigenvalue weighted by Gasteiger charge is 2.30. The number of amides is 2. The Labute approximate surface area is 159 Å². The normalized spacial score (nSPS) is 20.0. The van der Waals surface area contributed by atoms with Gasteiger partial charge in [0.2, 0.25) is 0 Å². The van der Waals surface area contributed by atoms with Gasteiger partial charge < -0.3 is 10.1 Å². The summed E-state index contributed by atoms with van der Waals surface area (Å²) >= 11 is 0. The molecule has 0 heterocycles. The molecule has 0 saturated heterocycles. The molecule has 1 saturated carbocycles. The smallest absolute Gasteiger partial charge is 0.302 e. The number of nitrogens with one attached hydrogen (secondary N) is 1. The van der Waals surface area contributed by atoms with E-state index < -0.39 is 11.9 Å². The fraction of sp³-hybridized carbons (Fsp3) is 0.500. The predicted octanol–water partition coefficient (Wildman–Crippen LogP) is 2.24. The van der Waals surface area contributed by atoms with Gasteiger partial charge in [-0.3, -0.25) is 19.3 Å². The fourth-order valence-electron chi connectivity index (χ4n) is 3.39. The molecule has 1 aromatic rings. The lowest BCUT2D eigenvalue weighted by Gasteiger charge is -2.30. The van der Waals surface area contributed by atoms with Crippen LogP contribution in [0.2, 0.25) is 0 Å². The Morgan fingerprint density at radius 2 is 1.85 bits per heavy atom. The molecule has 0 bridgehead atoms. The van der Waals surface area contributed by atoms with E-state index in [1.165, 1.54) is 14.0 Å². The van der Waals surface area contributed by atoms with Crippen LogP contribution in [0.4, 0.5) is 0 Å². The third-order valence-electron chi connectivity index (χ3n) is 4.82. The van der Waals surface area contributed by atoms with E-state index in [0.717, 1.165) is 30.6 Å². The van der Waals surface area contributed by atoms with Crippen LogP contribution in [-0.4, -0.2) is 41.9 Å². The lowest BCUT2D eigenvalue weighted by atomic mass is 9.83. The average Bonchev–Trinajstić information content (AvgIpc) is 2.67. The van der Waals surface area contributed by atoms with E-state index in [1.54, 1.807) is 30.5 Å². The highest BCUT2D eigenvalue weighted by molar-refractivity contribution is 5.97. The van der Waals surface area contributed by atoms with Crippen LogP contribution in [-0.2, 0) is 14.3 Å². The molecular formula is C20H25N3O4. The van der Waals surface area contributed by atoms with Gasteiger partial charge in [0.25, 0.3) is 11.8 Å². The van der Waals surface area contributed by atoms with Crippen LogP contribution in [0, 0.1) is 17.4 Å². The SMILES string of the molecule is CC(=O)O[C@H]1CC[C@@H](C[C@H](NC(=O)c2ccccc2)C(=O)N(C)C#N)CC1. The summed E-state index contributed by atoms with van der Waals surface area (Å²) in [5, 5.41) is 11.8. The first-order valence-electron chi connectivity index (χ1n) is 9.11. The molecule has 144 valence electrons. The minimum absolute atomic E-state index is 0.0754. The number of likely N-dealkylation sites (N-methyl/N-ethyl adjacent to an activating group) is 1. The van der Waals surface area contributed by atoms with Crippen molar-refractivity contribution in [2.75, 3.05) is 7.05 Å². The maximum absolute atomic E-state index is 12.5. The third kappa shape index (κ3) is 6.10. The molecule has 0 radical (unpaired) electrons. The van der Waals surface area contributed by atoms with Crippen molar-refractivity contribution in [1.82, 2.24) is 10.2 Å². The topological polar surface area (TPSA) is 99.5 Å². The van der Waals surface area contributed by atoms with Crippen molar-refractivity contribution < 1.29 is 19.1 Å². The number of carbonyl (C=O) groups is 3. The Bertz CT molecular complexity index is 706. The van der Waals surface area contributed by atoms with Crippen molar-refractivity contribution in [3.8, 4) is 6.19 Å². The second-order valence-electron chi connectivity index (χ2n) is 6.88. The van der Waals surface area contributed by atoms with Crippen molar-refractivity contribution in [2.24, 2.45) is 5.92 Å². The molecule has 1 atom stereocenters. The van der Waals surface area contributed by atoms with Crippen LogP contribution < -0.4 is 5.32 Å². The van der Waals surface area contributed by atoms with Crippen molar-refractivity contribution in [2.45, 2.75) is 51.2 Å². The number of hydrogen-bond acceptors (Lipinski definition) is 5. The lowest BCUT2D eigenvalue weighted by molar-refractivity contribution is -0.148. The second-order valence-corrected chi connectivity index (χ2v) is 6.88. The number of rotatable bonds is 6. The maximum Gasteiger partial charge on any atom is 0.302 e. The molecule has 1 aromatic carbocycles. The number of carbonyl (C=O) groups excluding carboxylic acids is 3. The number of esters is 1. The van der Waals surface area contributed by atoms with Crippen molar-refractivity contribution >= 4 is 17.8 Å². The first kappa shape index (κ1) is 20.4. The molecule has 7 nitrogen and oxygen atoms in total. The van der Waals surface area contributed by atoms with Gasteiger partial charge in [-0.05, 0) is 50.2 Å². The van der Waals surface area contributed by atoms with Crippen LogP contribution in [0.3, 0.4) is 0 Å². The van der Waals surface area contributed by atoms with Crippen LogP contribution in [0.1, 0.15) is 49.4 Å². The molecule has 2 amide bonds. The lowest BCUT2D eigenvalue weighted by Crippen LogP contribution is -2.47. The van der Waals surface area contributed by atoms with Gasteiger partial charge in [0.05, 0.1) is 0 Å². The highest BCUT2D eigenvalue weighted by atomic mass is 16.5. The molecule has 27 heavy (non-hydrogen) atoms. The third-order valence-corrected chi connectivity index (χ3v) is 4.82. The Balaban J connectivity index is 2.01. The summed E-state index contributed by atoms with van der Waals surface area (Å²) in [5.41, 5.74) is 0.466. The van der Waals surface area contributed by atoms with E-state index in [1.807, 2.05) is 6.07 Å². The minimum atomic E-state index is -0.766. The van der Waals surface area contributed by atoms with Gasteiger partial charge in [-0.15, -0.1) is 0 Å². The number of hydrogen-bond donors (Lipinski definition) is 1. The van der Waals surface area contributed by atoms with Crippen LogP contribution in [0.15, 0.2) is 30.3 Å². The van der Waals surface area contributed by atoms with Crippen molar-refractivity contribution in [3.05, 3.63) is 35.9 Å². The van der Waals surface area contributed by atoms with Gasteiger partial charge in [0.1, 0.15) is 12.1 Å². The van der Waals surface area contributed by atoms with Gasteiger partial charge in [-0.25, -0.2) is 0 Å². The van der Waals surface area contributed by atoms with Crippen molar-refractivity contribution in [1.29, 1.82) is 5.26 Å². The van der Waals surface area contributed by atoms with E-state index in [2.05, 4.69) is 5.32 Å². The zero-order chi connectivity index (χ0) is 19.8. The van der Waals surface area contributed by atoms with E-state index in [0.29, 0.717) is 12.0 Å². The molecular weight excluding hydrogens is 346 g/mol. The summed E-state index contributed by atoms with van der Waals surface area (Å²) in [6.07, 6.45) is 5.27. The van der Waals surface area contributed by atoms with Crippen LogP contribution >= 0.6 is 0 Å². The molecule has 7 heteroatoms. The van der Waals surface area contributed by atoms with Crippen molar-refractivity contribution in [3.63, 3.8) is 0 Å². The van der Waals surface area contributed by atoms with Gasteiger partial charge in [0, 0.05) is 19.5 Å². The maximum atomic E-state index is 12.5. The zero-order valence-corrected chi connectivity index (χ0v) is 15.7. The Hall–Kier alpha value is -2.88.